The van der Waals surface area contributed by atoms with E-state index in [4.69, 9.17) is 4.74 Å². The first-order valence-corrected chi connectivity index (χ1v) is 11.0. The van der Waals surface area contributed by atoms with Crippen LogP contribution in [0.2, 0.25) is 0 Å². The van der Waals surface area contributed by atoms with E-state index in [1.54, 1.807) is 37.9 Å². The molecule has 176 valence electrons. The number of benzene rings is 1. The highest BCUT2D eigenvalue weighted by Crippen LogP contribution is 2.26. The molecule has 2 aromatic rings. The van der Waals surface area contributed by atoms with Gasteiger partial charge in [-0.3, -0.25) is 14.5 Å². The minimum Gasteiger partial charge on any atom is -0.483 e. The number of rotatable bonds is 7. The monoisotopic (exact) mass is 454 g/mol. The van der Waals surface area contributed by atoms with Crippen molar-refractivity contribution in [3.8, 4) is 5.75 Å². The minimum absolute atomic E-state index is 0.0235. The summed E-state index contributed by atoms with van der Waals surface area (Å²) in [7, 11) is 1.55. The Labute approximate surface area is 194 Å². The second-order valence-electron chi connectivity index (χ2n) is 8.38. The molecule has 1 aromatic carbocycles. The van der Waals surface area contributed by atoms with Crippen LogP contribution in [0.4, 0.5) is 4.39 Å². The Morgan fingerprint density at radius 2 is 2.06 bits per heavy atom. The van der Waals surface area contributed by atoms with Crippen LogP contribution in [-0.2, 0) is 4.79 Å². The molecule has 0 radical (unpaired) electrons. The first-order valence-electron chi connectivity index (χ1n) is 11.0. The molecule has 2 atom stereocenters. The lowest BCUT2D eigenvalue weighted by Crippen LogP contribution is -2.54. The van der Waals surface area contributed by atoms with Crippen LogP contribution in [0.5, 0.6) is 5.75 Å². The zero-order valence-electron chi connectivity index (χ0n) is 19.6. The van der Waals surface area contributed by atoms with Gasteiger partial charge in [0.05, 0.1) is 6.20 Å². The molecule has 0 saturated carbocycles. The average molecular weight is 455 g/mol. The standard InChI is InChI=1S/C25H31FN4O3/c1-6-23(31)30-10-9-29(14-18(30)4)15-22(19-8-7-16(2)21(26)12-19)33-20-11-17(3)24(28-13-20)25(32)27-5/h6-8,11-13,18,22H,1,9-10,14-15H2,2-5H3,(H,27,32)/t18-,22-/m1/s1. The van der Waals surface area contributed by atoms with Crippen LogP contribution in [0.15, 0.2) is 43.1 Å². The van der Waals surface area contributed by atoms with Crippen molar-refractivity contribution in [2.75, 3.05) is 33.2 Å². The minimum atomic E-state index is -0.457. The van der Waals surface area contributed by atoms with Crippen LogP contribution < -0.4 is 10.1 Å². The van der Waals surface area contributed by atoms with Gasteiger partial charge in [-0.1, -0.05) is 18.7 Å². The van der Waals surface area contributed by atoms with Crippen LogP contribution in [0.25, 0.3) is 0 Å². The summed E-state index contributed by atoms with van der Waals surface area (Å²) in [5.74, 6) is -0.134. The molecule has 1 N–H and O–H groups in total. The second kappa shape index (κ2) is 10.6. The number of carbonyl (C=O) groups is 2. The maximum absolute atomic E-state index is 14.4. The summed E-state index contributed by atoms with van der Waals surface area (Å²) in [6, 6.07) is 6.89. The number of ether oxygens (including phenoxy) is 1. The van der Waals surface area contributed by atoms with Gasteiger partial charge in [-0.25, -0.2) is 9.37 Å². The maximum Gasteiger partial charge on any atom is 0.269 e. The van der Waals surface area contributed by atoms with Gasteiger partial charge in [0, 0.05) is 39.3 Å². The van der Waals surface area contributed by atoms with Gasteiger partial charge in [0.2, 0.25) is 5.91 Å². The molecule has 2 amide bonds. The molecular formula is C25H31FN4O3. The van der Waals surface area contributed by atoms with Gasteiger partial charge in [-0.15, -0.1) is 0 Å². The van der Waals surface area contributed by atoms with E-state index in [2.05, 4.69) is 21.8 Å². The Bertz CT molecular complexity index is 1040. The fourth-order valence-electron chi connectivity index (χ4n) is 4.03. The molecule has 1 fully saturated rings. The lowest BCUT2D eigenvalue weighted by atomic mass is 10.0. The van der Waals surface area contributed by atoms with E-state index in [9.17, 15) is 14.0 Å². The Kier molecular flexibility index (Phi) is 7.81. The van der Waals surface area contributed by atoms with E-state index in [0.29, 0.717) is 54.3 Å². The molecule has 0 unspecified atom stereocenters. The molecule has 1 aliphatic rings. The van der Waals surface area contributed by atoms with Crippen molar-refractivity contribution in [1.82, 2.24) is 20.1 Å². The number of aromatic nitrogens is 1. The molecule has 1 aliphatic heterocycles. The molecule has 0 aliphatic carbocycles. The smallest absolute Gasteiger partial charge is 0.269 e. The van der Waals surface area contributed by atoms with Crippen molar-refractivity contribution in [1.29, 1.82) is 0 Å². The Hall–Kier alpha value is -3.26. The number of nitrogens with one attached hydrogen (secondary N) is 1. The molecule has 0 spiro atoms. The van der Waals surface area contributed by atoms with Crippen molar-refractivity contribution in [2.45, 2.75) is 32.9 Å². The Morgan fingerprint density at radius 1 is 1.30 bits per heavy atom. The highest BCUT2D eigenvalue weighted by atomic mass is 19.1. The molecule has 7 nitrogen and oxygen atoms in total. The van der Waals surface area contributed by atoms with Gasteiger partial charge < -0.3 is 15.0 Å². The van der Waals surface area contributed by atoms with Gasteiger partial charge in [0.25, 0.3) is 5.91 Å². The summed E-state index contributed by atoms with van der Waals surface area (Å²) in [5, 5.41) is 2.57. The largest absolute Gasteiger partial charge is 0.483 e. The van der Waals surface area contributed by atoms with Crippen molar-refractivity contribution in [3.05, 3.63) is 71.3 Å². The zero-order chi connectivity index (χ0) is 24.1. The van der Waals surface area contributed by atoms with Crippen molar-refractivity contribution >= 4 is 11.8 Å². The number of halogens is 1. The van der Waals surface area contributed by atoms with Gasteiger partial charge >= 0.3 is 0 Å². The van der Waals surface area contributed by atoms with Gasteiger partial charge in [-0.05, 0) is 55.7 Å². The van der Waals surface area contributed by atoms with Gasteiger partial charge in [0.1, 0.15) is 23.4 Å². The van der Waals surface area contributed by atoms with E-state index in [0.717, 1.165) is 0 Å². The SMILES string of the molecule is C=CC(=O)N1CCN(C[C@@H](Oc2cnc(C(=O)NC)c(C)c2)c2ccc(C)c(F)c2)C[C@H]1C. The number of amides is 2. The fourth-order valence-corrected chi connectivity index (χ4v) is 4.03. The number of aryl methyl sites for hydroxylation is 2. The molecule has 0 bridgehead atoms. The fraction of sp³-hybridized carbons (Fsp3) is 0.400. The quantitative estimate of drug-likeness (QED) is 0.651. The number of pyridine rings is 1. The van der Waals surface area contributed by atoms with Crippen molar-refractivity contribution in [3.63, 3.8) is 0 Å². The van der Waals surface area contributed by atoms with Crippen molar-refractivity contribution < 1.29 is 18.7 Å². The molecule has 33 heavy (non-hydrogen) atoms. The third kappa shape index (κ3) is 5.76. The maximum atomic E-state index is 14.4. The summed E-state index contributed by atoms with van der Waals surface area (Å²) in [5.41, 5.74) is 2.30. The normalized spacial score (nSPS) is 17.4. The topological polar surface area (TPSA) is 74.8 Å². The number of nitrogens with zero attached hydrogens (tertiary/aromatic N) is 3. The lowest BCUT2D eigenvalue weighted by Gasteiger charge is -2.40. The highest BCUT2D eigenvalue weighted by Gasteiger charge is 2.29. The number of hydrogen-bond donors (Lipinski definition) is 1. The number of hydrogen-bond acceptors (Lipinski definition) is 5. The van der Waals surface area contributed by atoms with Crippen LogP contribution in [0, 0.1) is 19.7 Å². The predicted molar refractivity (Wildman–Crippen MR) is 125 cm³/mol. The first kappa shape index (κ1) is 24.4. The lowest BCUT2D eigenvalue weighted by molar-refractivity contribution is -0.130. The van der Waals surface area contributed by atoms with Crippen LogP contribution >= 0.6 is 0 Å². The summed E-state index contributed by atoms with van der Waals surface area (Å²) < 4.78 is 20.6. The van der Waals surface area contributed by atoms with Crippen LogP contribution in [0.1, 0.15) is 40.2 Å². The van der Waals surface area contributed by atoms with Gasteiger partial charge in [-0.2, -0.15) is 0 Å². The van der Waals surface area contributed by atoms with E-state index in [1.165, 1.54) is 18.3 Å². The van der Waals surface area contributed by atoms with E-state index in [1.807, 2.05) is 13.0 Å². The Balaban J connectivity index is 1.83. The summed E-state index contributed by atoms with van der Waals surface area (Å²) in [6.07, 6.45) is 2.39. The number of piperazine rings is 1. The van der Waals surface area contributed by atoms with Crippen molar-refractivity contribution in [2.24, 2.45) is 0 Å². The Morgan fingerprint density at radius 3 is 2.67 bits per heavy atom. The van der Waals surface area contributed by atoms with E-state index in [-0.39, 0.29) is 23.7 Å². The van der Waals surface area contributed by atoms with Crippen LogP contribution in [-0.4, -0.2) is 65.9 Å². The average Bonchev–Trinajstić information content (AvgIpc) is 2.79. The van der Waals surface area contributed by atoms with E-state index >= 15 is 0 Å². The summed E-state index contributed by atoms with van der Waals surface area (Å²) >= 11 is 0. The molecule has 2 heterocycles. The molecule has 8 heteroatoms. The zero-order valence-corrected chi connectivity index (χ0v) is 19.6. The van der Waals surface area contributed by atoms with Gasteiger partial charge in [0.15, 0.2) is 0 Å². The van der Waals surface area contributed by atoms with E-state index < -0.39 is 6.10 Å². The summed E-state index contributed by atoms with van der Waals surface area (Å²) in [4.78, 5) is 32.3. The molecule has 3 rings (SSSR count). The highest BCUT2D eigenvalue weighted by molar-refractivity contribution is 5.93. The summed E-state index contributed by atoms with van der Waals surface area (Å²) in [6.45, 7) is 11.5. The second-order valence-corrected chi connectivity index (χ2v) is 8.38. The first-order chi connectivity index (χ1) is 15.7. The molecule has 1 saturated heterocycles. The molecule has 1 aromatic heterocycles. The van der Waals surface area contributed by atoms with Crippen LogP contribution in [0.3, 0.4) is 0 Å². The molecular weight excluding hydrogens is 423 g/mol. The third-order valence-corrected chi connectivity index (χ3v) is 5.93. The number of carbonyl (C=O) groups excluding carboxylic acids is 2. The predicted octanol–water partition coefficient (Wildman–Crippen LogP) is 3.04. The third-order valence-electron chi connectivity index (χ3n) is 5.93.